The third kappa shape index (κ3) is 8.10. The fraction of sp³-hybridized carbons (Fsp3) is 0.667. The topological polar surface area (TPSA) is 46.6 Å². The maximum absolute atomic E-state index is 13.8. The van der Waals surface area contributed by atoms with Gasteiger partial charge in [0.2, 0.25) is 0 Å². The monoisotopic (exact) mass is 459 g/mol. The van der Waals surface area contributed by atoms with E-state index in [1.165, 1.54) is 37.0 Å². The zero-order chi connectivity index (χ0) is 23.6. The van der Waals surface area contributed by atoms with Gasteiger partial charge in [0.05, 0.1) is 18.1 Å². The maximum atomic E-state index is 13.8. The number of hydrogen-bond donors (Lipinski definition) is 0. The molecule has 8 heteroatoms. The van der Waals surface area contributed by atoms with Gasteiger partial charge in [-0.15, -0.1) is 0 Å². The largest absolute Gasteiger partial charge is 0.465 e. The zero-order valence-corrected chi connectivity index (χ0v) is 18.7. The molecule has 1 aliphatic rings. The molecule has 0 radical (unpaired) electrons. The molecule has 0 saturated carbocycles. The number of alkyl halides is 3. The van der Waals surface area contributed by atoms with Gasteiger partial charge in [-0.3, -0.25) is 9.59 Å². The molecule has 1 amide bonds. The Morgan fingerprint density at radius 3 is 2.16 bits per heavy atom. The maximum Gasteiger partial charge on any atom is 0.419 e. The summed E-state index contributed by atoms with van der Waals surface area (Å²) in [5, 5.41) is 0. The van der Waals surface area contributed by atoms with Crippen molar-refractivity contribution in [1.29, 1.82) is 0 Å². The number of hydrogen-bond acceptors (Lipinski definition) is 3. The van der Waals surface area contributed by atoms with Crippen LogP contribution in [0, 0.1) is 11.7 Å². The van der Waals surface area contributed by atoms with Crippen LogP contribution in [0.15, 0.2) is 18.2 Å². The number of unbranched alkanes of at least 4 members (excludes halogenated alkanes) is 7. The molecule has 0 atom stereocenters. The molecule has 1 fully saturated rings. The third-order valence-electron chi connectivity index (χ3n) is 5.88. The van der Waals surface area contributed by atoms with Crippen LogP contribution in [0.1, 0.15) is 87.1 Å². The van der Waals surface area contributed by atoms with Gasteiger partial charge in [0.25, 0.3) is 5.91 Å². The molecule has 1 aromatic carbocycles. The van der Waals surface area contributed by atoms with Gasteiger partial charge in [0, 0.05) is 18.7 Å². The fourth-order valence-electron chi connectivity index (χ4n) is 3.91. The second kappa shape index (κ2) is 12.8. The molecular formula is C24H33F4NO3. The molecule has 1 heterocycles. The number of esters is 1. The van der Waals surface area contributed by atoms with Crippen LogP contribution in [0.25, 0.3) is 0 Å². The van der Waals surface area contributed by atoms with Crippen LogP contribution in [0.4, 0.5) is 17.6 Å². The molecule has 1 aliphatic heterocycles. The second-order valence-electron chi connectivity index (χ2n) is 8.40. The summed E-state index contributed by atoms with van der Waals surface area (Å²) in [5.74, 6) is -2.57. The Kier molecular flexibility index (Phi) is 10.5. The summed E-state index contributed by atoms with van der Waals surface area (Å²) >= 11 is 0. The van der Waals surface area contributed by atoms with E-state index in [0.29, 0.717) is 31.6 Å². The smallest absolute Gasteiger partial charge is 0.419 e. The van der Waals surface area contributed by atoms with Crippen molar-refractivity contribution in [3.05, 3.63) is 35.1 Å². The van der Waals surface area contributed by atoms with Crippen molar-refractivity contribution < 1.29 is 31.9 Å². The lowest BCUT2D eigenvalue weighted by Crippen LogP contribution is -2.40. The first-order valence-corrected chi connectivity index (χ1v) is 11.6. The van der Waals surface area contributed by atoms with E-state index < -0.39 is 23.5 Å². The minimum absolute atomic E-state index is 0.133. The Balaban J connectivity index is 1.69. The van der Waals surface area contributed by atoms with Crippen LogP contribution in [-0.2, 0) is 15.7 Å². The summed E-state index contributed by atoms with van der Waals surface area (Å²) in [6.45, 7) is 3.15. The second-order valence-corrected chi connectivity index (χ2v) is 8.40. The van der Waals surface area contributed by atoms with Crippen molar-refractivity contribution in [3.63, 3.8) is 0 Å². The number of likely N-dealkylation sites (tertiary alicyclic amines) is 1. The Morgan fingerprint density at radius 2 is 1.59 bits per heavy atom. The van der Waals surface area contributed by atoms with Crippen LogP contribution in [0.5, 0.6) is 0 Å². The number of rotatable bonds is 11. The van der Waals surface area contributed by atoms with E-state index in [-0.39, 0.29) is 30.5 Å². The first-order chi connectivity index (χ1) is 15.2. The molecule has 1 saturated heterocycles. The Hall–Kier alpha value is -2.12. The standard InChI is InChI=1S/C24H33F4NO3/c1-2-3-4-5-6-7-8-9-16-32-23(31)18-12-14-29(15-13-18)22(30)19-10-11-20(21(25)17-19)24(26,27)28/h10-11,17-18H,2-9,12-16H2,1H3. The summed E-state index contributed by atoms with van der Waals surface area (Å²) in [4.78, 5) is 26.2. The van der Waals surface area contributed by atoms with Crippen molar-refractivity contribution in [2.24, 2.45) is 5.92 Å². The third-order valence-corrected chi connectivity index (χ3v) is 5.88. The van der Waals surface area contributed by atoms with Crippen LogP contribution >= 0.6 is 0 Å². The van der Waals surface area contributed by atoms with Crippen molar-refractivity contribution in [2.75, 3.05) is 19.7 Å². The molecule has 4 nitrogen and oxygen atoms in total. The van der Waals surface area contributed by atoms with Gasteiger partial charge in [-0.25, -0.2) is 4.39 Å². The molecule has 32 heavy (non-hydrogen) atoms. The van der Waals surface area contributed by atoms with E-state index in [9.17, 15) is 27.2 Å². The number of ether oxygens (including phenoxy) is 1. The van der Waals surface area contributed by atoms with E-state index in [4.69, 9.17) is 4.74 Å². The Morgan fingerprint density at radius 1 is 1.00 bits per heavy atom. The minimum atomic E-state index is -4.81. The van der Waals surface area contributed by atoms with E-state index in [1.54, 1.807) is 0 Å². The predicted octanol–water partition coefficient (Wildman–Crippen LogP) is 6.38. The van der Waals surface area contributed by atoms with Gasteiger partial charge in [-0.1, -0.05) is 51.9 Å². The molecule has 0 N–H and O–H groups in total. The molecule has 1 aromatic rings. The van der Waals surface area contributed by atoms with Crippen LogP contribution < -0.4 is 0 Å². The lowest BCUT2D eigenvalue weighted by Gasteiger charge is -2.31. The number of carbonyl (C=O) groups is 2. The van der Waals surface area contributed by atoms with E-state index in [0.717, 1.165) is 25.3 Å². The number of amides is 1. The highest BCUT2D eigenvalue weighted by Crippen LogP contribution is 2.32. The summed E-state index contributed by atoms with van der Waals surface area (Å²) < 4.78 is 57.2. The normalized spacial score (nSPS) is 15.1. The van der Waals surface area contributed by atoms with Gasteiger partial charge in [-0.2, -0.15) is 13.2 Å². The summed E-state index contributed by atoms with van der Waals surface area (Å²) in [5.41, 5.74) is -1.53. The van der Waals surface area contributed by atoms with Gasteiger partial charge >= 0.3 is 12.1 Å². The summed E-state index contributed by atoms with van der Waals surface area (Å²) in [6.07, 6.45) is 5.32. The van der Waals surface area contributed by atoms with E-state index >= 15 is 0 Å². The molecule has 0 bridgehead atoms. The highest BCUT2D eigenvalue weighted by atomic mass is 19.4. The lowest BCUT2D eigenvalue weighted by molar-refractivity contribution is -0.150. The van der Waals surface area contributed by atoms with Crippen LogP contribution in [-0.4, -0.2) is 36.5 Å². The van der Waals surface area contributed by atoms with E-state index in [1.807, 2.05) is 0 Å². The summed E-state index contributed by atoms with van der Waals surface area (Å²) in [7, 11) is 0. The highest BCUT2D eigenvalue weighted by molar-refractivity contribution is 5.94. The van der Waals surface area contributed by atoms with Crippen molar-refractivity contribution in [1.82, 2.24) is 4.90 Å². The predicted molar refractivity (Wildman–Crippen MR) is 114 cm³/mol. The summed E-state index contributed by atoms with van der Waals surface area (Å²) in [6, 6.07) is 2.19. The Bertz CT molecular complexity index is 743. The van der Waals surface area contributed by atoms with Crippen LogP contribution in [0.3, 0.4) is 0 Å². The molecule has 180 valence electrons. The number of benzene rings is 1. The molecule has 0 aliphatic carbocycles. The van der Waals surface area contributed by atoms with Crippen molar-refractivity contribution in [2.45, 2.75) is 77.3 Å². The molecule has 0 spiro atoms. The number of carbonyl (C=O) groups excluding carboxylic acids is 2. The van der Waals surface area contributed by atoms with Crippen molar-refractivity contribution in [3.8, 4) is 0 Å². The minimum Gasteiger partial charge on any atom is -0.465 e. The first kappa shape index (κ1) is 26.1. The SMILES string of the molecule is CCCCCCCCCCOC(=O)C1CCN(C(=O)c2ccc(C(F)(F)F)c(F)c2)CC1. The average molecular weight is 460 g/mol. The molecule has 0 aromatic heterocycles. The number of piperidine rings is 1. The van der Waals surface area contributed by atoms with Gasteiger partial charge in [0.15, 0.2) is 0 Å². The quantitative estimate of drug-likeness (QED) is 0.219. The van der Waals surface area contributed by atoms with Gasteiger partial charge < -0.3 is 9.64 Å². The zero-order valence-electron chi connectivity index (χ0n) is 18.7. The Labute approximate surface area is 187 Å². The fourth-order valence-corrected chi connectivity index (χ4v) is 3.91. The van der Waals surface area contributed by atoms with E-state index in [2.05, 4.69) is 6.92 Å². The first-order valence-electron chi connectivity index (χ1n) is 11.6. The number of halogens is 4. The lowest BCUT2D eigenvalue weighted by atomic mass is 9.96. The van der Waals surface area contributed by atoms with Crippen molar-refractivity contribution >= 4 is 11.9 Å². The van der Waals surface area contributed by atoms with Gasteiger partial charge in [-0.05, 0) is 37.5 Å². The number of nitrogens with zero attached hydrogens (tertiary/aromatic N) is 1. The van der Waals surface area contributed by atoms with Crippen LogP contribution in [0.2, 0.25) is 0 Å². The molecular weight excluding hydrogens is 426 g/mol. The molecule has 0 unspecified atom stereocenters. The van der Waals surface area contributed by atoms with Gasteiger partial charge in [0.1, 0.15) is 5.82 Å². The highest BCUT2D eigenvalue weighted by Gasteiger charge is 2.35. The average Bonchev–Trinajstić information content (AvgIpc) is 2.76. The molecule has 2 rings (SSSR count).